The number of halogens is 2. The number of carbonyl (C=O) groups excluding carboxylic acids is 1. The van der Waals surface area contributed by atoms with Crippen molar-refractivity contribution in [2.45, 2.75) is 0 Å². The van der Waals surface area contributed by atoms with Gasteiger partial charge in [-0.05, 0) is 30.3 Å². The molecule has 0 saturated carbocycles. The number of nitrogens with one attached hydrogen (secondary N) is 1. The number of hydrogen-bond acceptors (Lipinski definition) is 2. The summed E-state index contributed by atoms with van der Waals surface area (Å²) in [5.74, 6) is -0.232. The molecule has 1 heterocycles. The summed E-state index contributed by atoms with van der Waals surface area (Å²) in [5.41, 5.74) is 1.25. The Morgan fingerprint density at radius 2 is 1.78 bits per heavy atom. The van der Waals surface area contributed by atoms with Crippen molar-refractivity contribution in [1.29, 1.82) is 0 Å². The molecule has 0 bridgehead atoms. The van der Waals surface area contributed by atoms with E-state index < -0.39 is 0 Å². The molecule has 0 radical (unpaired) electrons. The van der Waals surface area contributed by atoms with Crippen molar-refractivity contribution in [3.05, 3.63) is 59.4 Å². The second-order valence-electron chi connectivity index (χ2n) is 5.37. The maximum atomic E-state index is 13.8. The Labute approximate surface area is 139 Å². The number of urea groups is 1. The number of rotatable bonds is 2. The summed E-state index contributed by atoms with van der Waals surface area (Å²) in [4.78, 5) is 15.9. The molecule has 0 unspecified atom stereocenters. The van der Waals surface area contributed by atoms with Gasteiger partial charge >= 0.3 is 6.03 Å². The second kappa shape index (κ2) is 6.87. The third-order valence-electron chi connectivity index (χ3n) is 3.84. The molecule has 2 amide bonds. The van der Waals surface area contributed by atoms with E-state index in [4.69, 9.17) is 11.6 Å². The highest BCUT2D eigenvalue weighted by Gasteiger charge is 2.22. The minimum atomic E-state index is -0.232. The van der Waals surface area contributed by atoms with Crippen molar-refractivity contribution in [3.63, 3.8) is 0 Å². The van der Waals surface area contributed by atoms with E-state index in [0.717, 1.165) is 0 Å². The molecule has 4 nitrogen and oxygen atoms in total. The van der Waals surface area contributed by atoms with Crippen LogP contribution in [0.5, 0.6) is 0 Å². The van der Waals surface area contributed by atoms with E-state index in [1.807, 2.05) is 11.0 Å². The molecule has 0 atom stereocenters. The number of para-hydroxylation sites is 1. The summed E-state index contributed by atoms with van der Waals surface area (Å²) in [5, 5.41) is 3.40. The Hall–Kier alpha value is -2.27. The fourth-order valence-corrected chi connectivity index (χ4v) is 2.82. The van der Waals surface area contributed by atoms with Gasteiger partial charge in [0.25, 0.3) is 0 Å². The highest BCUT2D eigenvalue weighted by atomic mass is 35.5. The normalized spacial score (nSPS) is 14.7. The molecular formula is C17H17ClFN3O. The first kappa shape index (κ1) is 15.6. The van der Waals surface area contributed by atoms with E-state index in [1.165, 1.54) is 6.07 Å². The lowest BCUT2D eigenvalue weighted by Gasteiger charge is -2.36. The molecule has 0 spiro atoms. The van der Waals surface area contributed by atoms with E-state index in [0.29, 0.717) is 42.6 Å². The third-order valence-corrected chi connectivity index (χ3v) is 4.07. The number of hydrogen-bond donors (Lipinski definition) is 1. The minimum absolute atomic E-state index is 0.166. The predicted molar refractivity (Wildman–Crippen MR) is 90.7 cm³/mol. The van der Waals surface area contributed by atoms with Gasteiger partial charge in [0.05, 0.1) is 5.69 Å². The van der Waals surface area contributed by atoms with Crippen LogP contribution in [0.4, 0.5) is 20.6 Å². The van der Waals surface area contributed by atoms with Crippen LogP contribution in [0, 0.1) is 5.82 Å². The van der Waals surface area contributed by atoms with Crippen LogP contribution in [-0.2, 0) is 0 Å². The summed E-state index contributed by atoms with van der Waals surface area (Å²) in [6, 6.07) is 13.6. The number of nitrogens with zero attached hydrogens (tertiary/aromatic N) is 2. The Bertz CT molecular complexity index is 702. The van der Waals surface area contributed by atoms with Gasteiger partial charge in [-0.15, -0.1) is 0 Å². The predicted octanol–water partition coefficient (Wildman–Crippen LogP) is 3.83. The smallest absolute Gasteiger partial charge is 0.321 e. The van der Waals surface area contributed by atoms with E-state index in [1.54, 1.807) is 41.3 Å². The Balaban J connectivity index is 1.58. The van der Waals surface area contributed by atoms with Crippen LogP contribution in [0.1, 0.15) is 0 Å². The number of carbonyl (C=O) groups is 1. The lowest BCUT2D eigenvalue weighted by Crippen LogP contribution is -2.50. The summed E-state index contributed by atoms with van der Waals surface area (Å²) < 4.78 is 13.8. The van der Waals surface area contributed by atoms with E-state index >= 15 is 0 Å². The molecule has 3 rings (SSSR count). The first-order valence-electron chi connectivity index (χ1n) is 7.44. The molecule has 23 heavy (non-hydrogen) atoms. The zero-order chi connectivity index (χ0) is 16.2. The fraction of sp³-hybridized carbons (Fsp3) is 0.235. The van der Waals surface area contributed by atoms with Crippen molar-refractivity contribution < 1.29 is 9.18 Å². The highest BCUT2D eigenvalue weighted by molar-refractivity contribution is 6.30. The number of amides is 2. The lowest BCUT2D eigenvalue weighted by molar-refractivity contribution is 0.208. The summed E-state index contributed by atoms with van der Waals surface area (Å²) in [6.45, 7) is 2.29. The maximum Gasteiger partial charge on any atom is 0.321 e. The zero-order valence-corrected chi connectivity index (χ0v) is 13.3. The van der Waals surface area contributed by atoms with Crippen molar-refractivity contribution in [2.75, 3.05) is 36.4 Å². The maximum absolute atomic E-state index is 13.8. The minimum Gasteiger partial charge on any atom is -0.366 e. The first-order chi connectivity index (χ1) is 11.1. The topological polar surface area (TPSA) is 35.6 Å². The molecule has 6 heteroatoms. The van der Waals surface area contributed by atoms with E-state index in [2.05, 4.69) is 5.32 Å². The zero-order valence-electron chi connectivity index (χ0n) is 12.5. The van der Waals surface area contributed by atoms with Gasteiger partial charge in [-0.25, -0.2) is 9.18 Å². The Morgan fingerprint density at radius 1 is 1.04 bits per heavy atom. The van der Waals surface area contributed by atoms with E-state index in [-0.39, 0.29) is 11.8 Å². The van der Waals surface area contributed by atoms with Gasteiger partial charge in [0.15, 0.2) is 0 Å². The van der Waals surface area contributed by atoms with Crippen LogP contribution in [0.2, 0.25) is 5.02 Å². The number of benzene rings is 2. The monoisotopic (exact) mass is 333 g/mol. The molecule has 1 N–H and O–H groups in total. The van der Waals surface area contributed by atoms with Gasteiger partial charge in [0.2, 0.25) is 0 Å². The highest BCUT2D eigenvalue weighted by Crippen LogP contribution is 2.21. The molecule has 0 aliphatic carbocycles. The molecule has 1 fully saturated rings. The van der Waals surface area contributed by atoms with Crippen LogP contribution in [0.3, 0.4) is 0 Å². The number of piperazine rings is 1. The molecule has 120 valence electrons. The average molecular weight is 334 g/mol. The van der Waals surface area contributed by atoms with Gasteiger partial charge in [0.1, 0.15) is 5.82 Å². The average Bonchev–Trinajstić information content (AvgIpc) is 2.55. The largest absolute Gasteiger partial charge is 0.366 e. The van der Waals surface area contributed by atoms with Crippen molar-refractivity contribution >= 4 is 29.0 Å². The van der Waals surface area contributed by atoms with E-state index in [9.17, 15) is 9.18 Å². The van der Waals surface area contributed by atoms with Crippen LogP contribution in [0.25, 0.3) is 0 Å². The summed E-state index contributed by atoms with van der Waals surface area (Å²) >= 11 is 5.91. The van der Waals surface area contributed by atoms with Crippen LogP contribution >= 0.6 is 11.6 Å². The molecule has 2 aromatic rings. The summed E-state index contributed by atoms with van der Waals surface area (Å²) in [6.07, 6.45) is 0. The van der Waals surface area contributed by atoms with Crippen molar-refractivity contribution in [1.82, 2.24) is 4.90 Å². The lowest BCUT2D eigenvalue weighted by atomic mass is 10.2. The molecule has 1 saturated heterocycles. The third kappa shape index (κ3) is 3.74. The second-order valence-corrected chi connectivity index (χ2v) is 5.80. The van der Waals surface area contributed by atoms with Crippen LogP contribution < -0.4 is 10.2 Å². The fourth-order valence-electron chi connectivity index (χ4n) is 2.63. The first-order valence-corrected chi connectivity index (χ1v) is 7.82. The standard InChI is InChI=1S/C17H17ClFN3O/c18-13-4-3-5-14(12-13)20-17(23)22-10-8-21(9-11-22)16-7-2-1-6-15(16)19/h1-7,12H,8-11H2,(H,20,23). The van der Waals surface area contributed by atoms with Gasteiger partial charge in [-0.2, -0.15) is 0 Å². The molecule has 1 aliphatic rings. The van der Waals surface area contributed by atoms with Gasteiger partial charge < -0.3 is 15.1 Å². The quantitative estimate of drug-likeness (QED) is 0.906. The molecule has 0 aromatic heterocycles. The van der Waals surface area contributed by atoms with Crippen molar-refractivity contribution in [2.24, 2.45) is 0 Å². The molecule has 1 aliphatic heterocycles. The Morgan fingerprint density at radius 3 is 2.48 bits per heavy atom. The van der Waals surface area contributed by atoms with Gasteiger partial charge in [0, 0.05) is 36.9 Å². The molecular weight excluding hydrogens is 317 g/mol. The van der Waals surface area contributed by atoms with Gasteiger partial charge in [-0.3, -0.25) is 0 Å². The van der Waals surface area contributed by atoms with Crippen LogP contribution in [-0.4, -0.2) is 37.1 Å². The molecule has 2 aromatic carbocycles. The van der Waals surface area contributed by atoms with Crippen LogP contribution in [0.15, 0.2) is 48.5 Å². The van der Waals surface area contributed by atoms with Gasteiger partial charge in [-0.1, -0.05) is 29.8 Å². The Kier molecular flexibility index (Phi) is 4.67. The SMILES string of the molecule is O=C(Nc1cccc(Cl)c1)N1CCN(c2ccccc2F)CC1. The van der Waals surface area contributed by atoms with Crippen molar-refractivity contribution in [3.8, 4) is 0 Å². The summed E-state index contributed by atoms with van der Waals surface area (Å²) in [7, 11) is 0. The number of anilines is 2.